The number of carbonyl (C=O) groups is 1. The van der Waals surface area contributed by atoms with Crippen molar-refractivity contribution in [2.24, 2.45) is 0 Å². The number of rotatable bonds is 6. The highest BCUT2D eigenvalue weighted by Gasteiger charge is 2.18. The molecule has 34 heavy (non-hydrogen) atoms. The highest BCUT2D eigenvalue weighted by molar-refractivity contribution is 5.99. The van der Waals surface area contributed by atoms with E-state index in [0.29, 0.717) is 17.6 Å². The summed E-state index contributed by atoms with van der Waals surface area (Å²) in [5.74, 6) is -0.0800. The molecular weight excluding hydrogens is 428 g/mol. The summed E-state index contributed by atoms with van der Waals surface area (Å²) in [4.78, 5) is 28.7. The van der Waals surface area contributed by atoms with Gasteiger partial charge in [-0.1, -0.05) is 18.2 Å². The highest BCUT2D eigenvalue weighted by Crippen LogP contribution is 2.32. The number of fused-ring (bicyclic) bond motifs is 3. The lowest BCUT2D eigenvalue weighted by Crippen LogP contribution is -2.34. The van der Waals surface area contributed by atoms with Crippen LogP contribution in [-0.4, -0.2) is 16.9 Å². The number of carbonyl (C=O) groups excluding carboxylic acids is 1. The van der Waals surface area contributed by atoms with Gasteiger partial charge in [0, 0.05) is 51.5 Å². The number of amides is 1. The fourth-order valence-electron chi connectivity index (χ4n) is 4.87. The molecule has 0 saturated heterocycles. The lowest BCUT2D eigenvalue weighted by atomic mass is 9.98. The van der Waals surface area contributed by atoms with E-state index in [0.717, 1.165) is 45.0 Å². The van der Waals surface area contributed by atoms with Crippen molar-refractivity contribution in [2.75, 3.05) is 0 Å². The van der Waals surface area contributed by atoms with Crippen LogP contribution >= 0.6 is 0 Å². The number of aryl methyl sites for hydroxylation is 3. The Balaban J connectivity index is 1.32. The predicted octanol–water partition coefficient (Wildman–Crippen LogP) is 5.63. The SMILES string of the molecule is Cc1coc2c(C)c3oc(=O)c(CCC(=O)NC(C)Cc4c[nH]c5ccccc45)c(C)c3cc12. The normalized spacial score (nSPS) is 12.6. The maximum atomic E-state index is 12.8. The van der Waals surface area contributed by atoms with E-state index < -0.39 is 5.63 Å². The van der Waals surface area contributed by atoms with Crippen LogP contribution in [0.15, 0.2) is 56.4 Å². The molecule has 1 atom stereocenters. The predicted molar refractivity (Wildman–Crippen MR) is 134 cm³/mol. The second-order valence-electron chi connectivity index (χ2n) is 9.20. The number of hydrogen-bond donors (Lipinski definition) is 2. The Labute approximate surface area is 196 Å². The molecule has 5 rings (SSSR count). The number of H-pyrrole nitrogens is 1. The Morgan fingerprint density at radius 2 is 1.85 bits per heavy atom. The van der Waals surface area contributed by atoms with Crippen LogP contribution < -0.4 is 10.9 Å². The van der Waals surface area contributed by atoms with E-state index in [1.807, 2.05) is 58.2 Å². The van der Waals surface area contributed by atoms with Crippen LogP contribution in [0.5, 0.6) is 0 Å². The van der Waals surface area contributed by atoms with Gasteiger partial charge in [-0.15, -0.1) is 0 Å². The molecule has 0 aliphatic heterocycles. The summed E-state index contributed by atoms with van der Waals surface area (Å²) in [5.41, 5.74) is 6.41. The first-order chi connectivity index (χ1) is 16.3. The maximum Gasteiger partial charge on any atom is 0.339 e. The van der Waals surface area contributed by atoms with E-state index >= 15 is 0 Å². The Kier molecular flexibility index (Phi) is 5.52. The first-order valence-electron chi connectivity index (χ1n) is 11.6. The average molecular weight is 457 g/mol. The summed E-state index contributed by atoms with van der Waals surface area (Å²) in [6.45, 7) is 7.82. The van der Waals surface area contributed by atoms with Gasteiger partial charge >= 0.3 is 5.63 Å². The number of hydrogen-bond acceptors (Lipinski definition) is 4. The first-order valence-corrected chi connectivity index (χ1v) is 11.6. The van der Waals surface area contributed by atoms with Gasteiger partial charge < -0.3 is 19.1 Å². The van der Waals surface area contributed by atoms with Gasteiger partial charge in [0.15, 0.2) is 0 Å². The number of para-hydroxylation sites is 1. The van der Waals surface area contributed by atoms with Gasteiger partial charge in [0.25, 0.3) is 0 Å². The van der Waals surface area contributed by atoms with E-state index in [1.54, 1.807) is 6.26 Å². The van der Waals surface area contributed by atoms with Crippen molar-refractivity contribution in [2.45, 2.75) is 53.0 Å². The highest BCUT2D eigenvalue weighted by atomic mass is 16.4. The molecule has 6 heteroatoms. The number of benzene rings is 2. The van der Waals surface area contributed by atoms with Crippen molar-refractivity contribution in [3.63, 3.8) is 0 Å². The molecule has 0 radical (unpaired) electrons. The van der Waals surface area contributed by atoms with Crippen LogP contribution in [0.1, 0.15) is 41.2 Å². The number of nitrogens with one attached hydrogen (secondary N) is 2. The van der Waals surface area contributed by atoms with Crippen molar-refractivity contribution in [1.82, 2.24) is 10.3 Å². The Morgan fingerprint density at radius 1 is 1.06 bits per heavy atom. The average Bonchev–Trinajstić information content (AvgIpc) is 3.38. The van der Waals surface area contributed by atoms with E-state index in [2.05, 4.69) is 16.4 Å². The van der Waals surface area contributed by atoms with Crippen molar-refractivity contribution >= 4 is 38.7 Å². The molecule has 1 unspecified atom stereocenters. The smallest absolute Gasteiger partial charge is 0.339 e. The molecule has 1 amide bonds. The molecule has 174 valence electrons. The monoisotopic (exact) mass is 456 g/mol. The van der Waals surface area contributed by atoms with Crippen molar-refractivity contribution in [3.05, 3.63) is 81.0 Å². The minimum atomic E-state index is -0.393. The van der Waals surface area contributed by atoms with E-state index in [1.165, 1.54) is 10.9 Å². The quantitative estimate of drug-likeness (QED) is 0.324. The van der Waals surface area contributed by atoms with Crippen LogP contribution in [0.2, 0.25) is 0 Å². The van der Waals surface area contributed by atoms with Gasteiger partial charge in [0.05, 0.1) is 6.26 Å². The zero-order valence-electron chi connectivity index (χ0n) is 19.9. The van der Waals surface area contributed by atoms with Crippen molar-refractivity contribution < 1.29 is 13.6 Å². The third-order valence-corrected chi connectivity index (χ3v) is 6.75. The van der Waals surface area contributed by atoms with Crippen molar-refractivity contribution in [1.29, 1.82) is 0 Å². The van der Waals surface area contributed by atoms with Gasteiger partial charge in [0.1, 0.15) is 11.2 Å². The van der Waals surface area contributed by atoms with Crippen LogP contribution in [0.3, 0.4) is 0 Å². The Morgan fingerprint density at radius 3 is 2.68 bits per heavy atom. The molecule has 0 saturated carbocycles. The van der Waals surface area contributed by atoms with Gasteiger partial charge in [0.2, 0.25) is 5.91 Å². The fourth-order valence-corrected chi connectivity index (χ4v) is 4.87. The number of furan rings is 1. The van der Waals surface area contributed by atoms with Crippen molar-refractivity contribution in [3.8, 4) is 0 Å². The second kappa shape index (κ2) is 8.52. The lowest BCUT2D eigenvalue weighted by Gasteiger charge is -2.14. The molecule has 5 aromatic rings. The number of aromatic amines is 1. The molecule has 3 heterocycles. The molecule has 0 fully saturated rings. The third-order valence-electron chi connectivity index (χ3n) is 6.75. The summed E-state index contributed by atoms with van der Waals surface area (Å²) >= 11 is 0. The van der Waals surface area contributed by atoms with Crippen LogP contribution in [0.4, 0.5) is 0 Å². The lowest BCUT2D eigenvalue weighted by molar-refractivity contribution is -0.121. The maximum absolute atomic E-state index is 12.8. The van der Waals surface area contributed by atoms with Crippen LogP contribution in [0, 0.1) is 20.8 Å². The second-order valence-corrected chi connectivity index (χ2v) is 9.20. The molecule has 0 bridgehead atoms. The molecule has 0 aliphatic rings. The summed E-state index contributed by atoms with van der Waals surface area (Å²) < 4.78 is 11.4. The van der Waals surface area contributed by atoms with Gasteiger partial charge in [-0.3, -0.25) is 4.79 Å². The fraction of sp³-hybridized carbons (Fsp3) is 0.286. The zero-order valence-corrected chi connectivity index (χ0v) is 19.9. The van der Waals surface area contributed by atoms with E-state index in [-0.39, 0.29) is 18.4 Å². The summed E-state index contributed by atoms with van der Waals surface area (Å²) in [7, 11) is 0. The largest absolute Gasteiger partial charge is 0.464 e. The summed E-state index contributed by atoms with van der Waals surface area (Å²) in [6, 6.07) is 10.1. The summed E-state index contributed by atoms with van der Waals surface area (Å²) in [6.07, 6.45) is 5.00. The molecule has 0 aliphatic carbocycles. The van der Waals surface area contributed by atoms with Gasteiger partial charge in [-0.05, 0) is 69.4 Å². The molecular formula is C28H28N2O4. The van der Waals surface area contributed by atoms with Crippen LogP contribution in [-0.2, 0) is 17.6 Å². The van der Waals surface area contributed by atoms with Gasteiger partial charge in [-0.2, -0.15) is 0 Å². The minimum absolute atomic E-state index is 0.0270. The van der Waals surface area contributed by atoms with E-state index in [4.69, 9.17) is 8.83 Å². The minimum Gasteiger partial charge on any atom is -0.464 e. The van der Waals surface area contributed by atoms with Gasteiger partial charge in [-0.25, -0.2) is 4.79 Å². The summed E-state index contributed by atoms with van der Waals surface area (Å²) in [5, 5.41) is 6.14. The molecule has 2 N–H and O–H groups in total. The Hall–Kier alpha value is -3.80. The molecule has 0 spiro atoms. The molecule has 3 aromatic heterocycles. The standard InChI is InChI=1S/C28H28N2O4/c1-15-14-33-26-18(4)27-23(12-22(15)26)17(3)20(28(32)34-27)9-10-25(31)30-16(2)11-19-13-29-24-8-6-5-7-21(19)24/h5-8,12-14,16,29H,9-11H2,1-4H3,(H,30,31). The Bertz CT molecular complexity index is 1600. The third kappa shape index (κ3) is 3.79. The number of aromatic nitrogens is 1. The van der Waals surface area contributed by atoms with Crippen LogP contribution in [0.25, 0.3) is 32.8 Å². The molecule has 6 nitrogen and oxygen atoms in total. The first kappa shape index (κ1) is 22.0. The molecule has 2 aromatic carbocycles. The topological polar surface area (TPSA) is 88.2 Å². The zero-order chi connectivity index (χ0) is 24.0. The van der Waals surface area contributed by atoms with E-state index in [9.17, 15) is 9.59 Å².